The summed E-state index contributed by atoms with van der Waals surface area (Å²) >= 11 is 0. The minimum absolute atomic E-state index is 0.0654. The Bertz CT molecular complexity index is 400. The van der Waals surface area contributed by atoms with Crippen LogP contribution in [0.4, 0.5) is 0 Å². The minimum atomic E-state index is -0.409. The quantitative estimate of drug-likeness (QED) is 0.411. The Morgan fingerprint density at radius 1 is 1.69 bits per heavy atom. The predicted octanol–water partition coefficient (Wildman–Crippen LogP) is 3.41. The van der Waals surface area contributed by atoms with Gasteiger partial charge in [-0.05, 0) is 19.3 Å². The number of nitro groups is 1. The molecule has 0 saturated carbocycles. The van der Waals surface area contributed by atoms with Gasteiger partial charge < -0.3 is 0 Å². The molecule has 0 amide bonds. The molecule has 0 fully saturated rings. The molecular formula is C13H15NO2. The molecule has 0 radical (unpaired) electrons. The molecule has 84 valence electrons. The third-order valence-electron chi connectivity index (χ3n) is 2.28. The Morgan fingerprint density at radius 2 is 2.44 bits per heavy atom. The van der Waals surface area contributed by atoms with Crippen LogP contribution in [-0.4, -0.2) is 4.92 Å². The van der Waals surface area contributed by atoms with E-state index >= 15 is 0 Å². The summed E-state index contributed by atoms with van der Waals surface area (Å²) in [6.07, 6.45) is 13.3. The van der Waals surface area contributed by atoms with E-state index in [0.717, 1.165) is 6.42 Å². The van der Waals surface area contributed by atoms with Gasteiger partial charge in [0.15, 0.2) is 0 Å². The summed E-state index contributed by atoms with van der Waals surface area (Å²) in [6.45, 7) is 5.47. The second-order valence-corrected chi connectivity index (χ2v) is 3.66. The van der Waals surface area contributed by atoms with E-state index in [2.05, 4.69) is 24.8 Å². The predicted molar refractivity (Wildman–Crippen MR) is 65.4 cm³/mol. The third-order valence-corrected chi connectivity index (χ3v) is 2.28. The molecule has 0 saturated heterocycles. The van der Waals surface area contributed by atoms with Crippen LogP contribution in [0.5, 0.6) is 0 Å². The van der Waals surface area contributed by atoms with E-state index in [-0.39, 0.29) is 11.6 Å². The van der Waals surface area contributed by atoms with Gasteiger partial charge in [-0.2, -0.15) is 0 Å². The van der Waals surface area contributed by atoms with Crippen molar-refractivity contribution in [3.63, 3.8) is 0 Å². The Morgan fingerprint density at radius 3 is 3.00 bits per heavy atom. The van der Waals surface area contributed by atoms with Crippen LogP contribution in [-0.2, 0) is 0 Å². The second kappa shape index (κ2) is 5.85. The smallest absolute Gasteiger partial charge is 0.258 e. The van der Waals surface area contributed by atoms with E-state index in [1.807, 2.05) is 13.0 Å². The molecule has 1 unspecified atom stereocenters. The van der Waals surface area contributed by atoms with Crippen LogP contribution in [0.2, 0.25) is 0 Å². The molecule has 0 spiro atoms. The molecule has 1 atom stereocenters. The minimum Gasteiger partial charge on any atom is -0.258 e. The van der Waals surface area contributed by atoms with Crippen molar-refractivity contribution in [3.8, 4) is 0 Å². The van der Waals surface area contributed by atoms with Crippen molar-refractivity contribution in [1.82, 2.24) is 0 Å². The first-order valence-electron chi connectivity index (χ1n) is 5.13. The second-order valence-electron chi connectivity index (χ2n) is 3.66. The van der Waals surface area contributed by atoms with E-state index in [1.54, 1.807) is 0 Å². The van der Waals surface area contributed by atoms with E-state index in [4.69, 9.17) is 0 Å². The lowest BCUT2D eigenvalue weighted by molar-refractivity contribution is -0.419. The molecule has 16 heavy (non-hydrogen) atoms. The van der Waals surface area contributed by atoms with Gasteiger partial charge in [0.25, 0.3) is 5.70 Å². The third kappa shape index (κ3) is 3.69. The van der Waals surface area contributed by atoms with Crippen LogP contribution < -0.4 is 0 Å². The Labute approximate surface area is 95.3 Å². The van der Waals surface area contributed by atoms with Crippen molar-refractivity contribution in [2.24, 2.45) is 5.92 Å². The number of nitrogens with zero attached hydrogens (tertiary/aromatic N) is 1. The Hall–Kier alpha value is -1.90. The Kier molecular flexibility index (Phi) is 4.45. The van der Waals surface area contributed by atoms with E-state index in [9.17, 15) is 10.1 Å². The van der Waals surface area contributed by atoms with Crippen molar-refractivity contribution in [2.75, 3.05) is 0 Å². The van der Waals surface area contributed by atoms with Crippen molar-refractivity contribution >= 4 is 0 Å². The number of hydrogen-bond acceptors (Lipinski definition) is 2. The van der Waals surface area contributed by atoms with Gasteiger partial charge in [0.2, 0.25) is 0 Å². The van der Waals surface area contributed by atoms with Crippen LogP contribution in [0.3, 0.4) is 0 Å². The molecule has 0 bridgehead atoms. The number of hydrogen-bond donors (Lipinski definition) is 0. The van der Waals surface area contributed by atoms with Crippen LogP contribution >= 0.6 is 0 Å². The largest absolute Gasteiger partial charge is 0.269 e. The van der Waals surface area contributed by atoms with Gasteiger partial charge in [0.05, 0.1) is 4.92 Å². The molecule has 0 aromatic carbocycles. The topological polar surface area (TPSA) is 43.1 Å². The summed E-state index contributed by atoms with van der Waals surface area (Å²) < 4.78 is 0. The van der Waals surface area contributed by atoms with E-state index in [1.165, 1.54) is 23.8 Å². The lowest BCUT2D eigenvalue weighted by Gasteiger charge is -2.09. The normalized spacial score (nSPS) is 20.9. The maximum Gasteiger partial charge on any atom is 0.269 e. The van der Waals surface area contributed by atoms with Gasteiger partial charge in [-0.15, -0.1) is 0 Å². The lowest BCUT2D eigenvalue weighted by Crippen LogP contribution is -1.98. The molecule has 0 N–H and O–H groups in total. The molecule has 1 aliphatic carbocycles. The fourth-order valence-electron chi connectivity index (χ4n) is 1.53. The summed E-state index contributed by atoms with van der Waals surface area (Å²) in [5.41, 5.74) is 1.26. The highest BCUT2D eigenvalue weighted by atomic mass is 16.6. The molecular weight excluding hydrogens is 202 g/mol. The fraction of sp³-hybridized carbons (Fsp3) is 0.231. The SMILES string of the molecule is C=C/C=C(\C=CC1C=C(C)C=CC1)[N+](=O)[O-]. The average molecular weight is 217 g/mol. The van der Waals surface area contributed by atoms with Crippen LogP contribution in [0.25, 0.3) is 0 Å². The molecule has 1 aliphatic rings. The van der Waals surface area contributed by atoms with Gasteiger partial charge >= 0.3 is 0 Å². The van der Waals surface area contributed by atoms with Crippen LogP contribution in [0, 0.1) is 16.0 Å². The highest BCUT2D eigenvalue weighted by molar-refractivity contribution is 5.26. The molecule has 0 heterocycles. The van der Waals surface area contributed by atoms with Gasteiger partial charge in [-0.3, -0.25) is 10.1 Å². The van der Waals surface area contributed by atoms with Gasteiger partial charge in [-0.25, -0.2) is 0 Å². The summed E-state index contributed by atoms with van der Waals surface area (Å²) in [7, 11) is 0. The van der Waals surface area contributed by atoms with Gasteiger partial charge in [-0.1, -0.05) is 42.5 Å². The van der Waals surface area contributed by atoms with Crippen molar-refractivity contribution in [1.29, 1.82) is 0 Å². The van der Waals surface area contributed by atoms with Gasteiger partial charge in [0.1, 0.15) is 0 Å². The maximum absolute atomic E-state index is 10.6. The molecule has 3 heteroatoms. The van der Waals surface area contributed by atoms with Crippen molar-refractivity contribution < 1.29 is 4.92 Å². The van der Waals surface area contributed by atoms with E-state index < -0.39 is 4.92 Å². The molecule has 0 aromatic heterocycles. The monoisotopic (exact) mass is 217 g/mol. The summed E-state index contributed by atoms with van der Waals surface area (Å²) in [4.78, 5) is 10.2. The summed E-state index contributed by atoms with van der Waals surface area (Å²) in [5, 5.41) is 10.6. The zero-order valence-corrected chi connectivity index (χ0v) is 9.30. The maximum atomic E-state index is 10.6. The number of allylic oxidation sites excluding steroid dienone is 8. The highest BCUT2D eigenvalue weighted by Gasteiger charge is 2.07. The van der Waals surface area contributed by atoms with Crippen LogP contribution in [0.1, 0.15) is 13.3 Å². The first-order valence-corrected chi connectivity index (χ1v) is 5.13. The number of rotatable bonds is 4. The average Bonchev–Trinajstić information content (AvgIpc) is 2.24. The molecule has 3 nitrogen and oxygen atoms in total. The Balaban J connectivity index is 2.72. The zero-order chi connectivity index (χ0) is 12.0. The molecule has 1 rings (SSSR count). The van der Waals surface area contributed by atoms with Crippen molar-refractivity contribution in [2.45, 2.75) is 13.3 Å². The molecule has 0 aliphatic heterocycles. The summed E-state index contributed by atoms with van der Waals surface area (Å²) in [6, 6.07) is 0. The summed E-state index contributed by atoms with van der Waals surface area (Å²) in [5.74, 6) is 0.248. The molecule has 0 aromatic rings. The highest BCUT2D eigenvalue weighted by Crippen LogP contribution is 2.18. The van der Waals surface area contributed by atoms with Gasteiger partial charge in [0, 0.05) is 12.2 Å². The fourth-order valence-corrected chi connectivity index (χ4v) is 1.53. The van der Waals surface area contributed by atoms with Crippen LogP contribution in [0.15, 0.2) is 60.4 Å². The lowest BCUT2D eigenvalue weighted by atomic mass is 9.96. The zero-order valence-electron chi connectivity index (χ0n) is 9.30. The van der Waals surface area contributed by atoms with E-state index in [0.29, 0.717) is 0 Å². The first kappa shape index (κ1) is 12.2. The first-order chi connectivity index (χ1) is 7.63. The standard InChI is InChI=1S/C13H15NO2/c1-3-5-13(14(15)16)9-8-12-7-4-6-11(2)10-12/h3-6,8-10,12H,1,7H2,2H3/b9-8?,13-5+. The van der Waals surface area contributed by atoms with Crippen molar-refractivity contribution in [3.05, 3.63) is 70.5 Å².